The first kappa shape index (κ1) is 22.1. The van der Waals surface area contributed by atoms with Crippen LogP contribution in [0.4, 0.5) is 15.8 Å². The van der Waals surface area contributed by atoms with Crippen LogP contribution >= 0.6 is 0 Å². The summed E-state index contributed by atoms with van der Waals surface area (Å²) < 4.78 is 14.8. The Morgan fingerprint density at radius 1 is 1.09 bits per heavy atom. The molecule has 3 heterocycles. The Morgan fingerprint density at radius 3 is 2.69 bits per heavy atom. The molecule has 0 radical (unpaired) electrons. The van der Waals surface area contributed by atoms with Gasteiger partial charge in [0.2, 0.25) is 0 Å². The summed E-state index contributed by atoms with van der Waals surface area (Å²) in [4.78, 5) is 32.2. The fourth-order valence-corrected chi connectivity index (χ4v) is 5.21. The van der Waals surface area contributed by atoms with E-state index in [2.05, 4.69) is 38.7 Å². The summed E-state index contributed by atoms with van der Waals surface area (Å²) in [6.07, 6.45) is 3.81. The number of carbonyl (C=O) groups is 1. The highest BCUT2D eigenvalue weighted by atomic mass is 19.1. The van der Waals surface area contributed by atoms with Crippen LogP contribution in [0.1, 0.15) is 40.7 Å². The molecule has 1 saturated carbocycles. The van der Waals surface area contributed by atoms with Gasteiger partial charge in [-0.2, -0.15) is 0 Å². The van der Waals surface area contributed by atoms with Crippen molar-refractivity contribution in [1.29, 1.82) is 0 Å². The van der Waals surface area contributed by atoms with Crippen LogP contribution in [-0.4, -0.2) is 54.6 Å². The van der Waals surface area contributed by atoms with Gasteiger partial charge in [0, 0.05) is 61.8 Å². The molecule has 7 nitrogen and oxygen atoms in total. The third-order valence-corrected chi connectivity index (χ3v) is 7.32. The fraction of sp³-hybridized carbons (Fsp3) is 0.407. The summed E-state index contributed by atoms with van der Waals surface area (Å²) >= 11 is 0. The highest BCUT2D eigenvalue weighted by Gasteiger charge is 2.25. The van der Waals surface area contributed by atoms with Gasteiger partial charge in [0.25, 0.3) is 11.5 Å². The topological polar surface area (TPSA) is 80.5 Å². The molecule has 0 bridgehead atoms. The van der Waals surface area contributed by atoms with Crippen LogP contribution in [0.3, 0.4) is 0 Å². The molecule has 1 aliphatic carbocycles. The van der Waals surface area contributed by atoms with E-state index in [1.165, 1.54) is 6.07 Å². The Hall–Kier alpha value is -3.39. The minimum absolute atomic E-state index is 0.00327. The average molecular weight is 476 g/mol. The van der Waals surface area contributed by atoms with Crippen LogP contribution in [0.5, 0.6) is 0 Å². The number of H-pyrrole nitrogens is 1. The van der Waals surface area contributed by atoms with Gasteiger partial charge in [0.15, 0.2) is 0 Å². The lowest BCUT2D eigenvalue weighted by atomic mass is 10.0. The van der Waals surface area contributed by atoms with Crippen molar-refractivity contribution in [2.24, 2.45) is 0 Å². The van der Waals surface area contributed by atoms with Crippen molar-refractivity contribution in [3.05, 3.63) is 69.3 Å². The number of nitrogens with one attached hydrogen (secondary N) is 3. The molecule has 35 heavy (non-hydrogen) atoms. The molecule has 2 aliphatic heterocycles. The van der Waals surface area contributed by atoms with Gasteiger partial charge < -0.3 is 20.5 Å². The Labute approximate surface area is 203 Å². The number of piperazine rings is 1. The van der Waals surface area contributed by atoms with E-state index in [0.717, 1.165) is 79.6 Å². The number of aromatic amines is 1. The van der Waals surface area contributed by atoms with Crippen molar-refractivity contribution >= 4 is 28.2 Å². The molecule has 6 rings (SSSR count). The molecular formula is C27H30FN5O2. The number of hydrogen-bond donors (Lipinski definition) is 3. The highest BCUT2D eigenvalue weighted by Crippen LogP contribution is 2.29. The molecule has 1 aromatic heterocycles. The zero-order valence-corrected chi connectivity index (χ0v) is 19.7. The van der Waals surface area contributed by atoms with Gasteiger partial charge in [-0.1, -0.05) is 12.1 Å². The molecule has 1 saturated heterocycles. The Balaban J connectivity index is 1.11. The van der Waals surface area contributed by atoms with Gasteiger partial charge in [-0.05, 0) is 55.5 Å². The molecular weight excluding hydrogens is 445 g/mol. The Bertz CT molecular complexity index is 1340. The van der Waals surface area contributed by atoms with Gasteiger partial charge in [0.1, 0.15) is 5.82 Å². The zero-order valence-electron chi connectivity index (χ0n) is 19.7. The first-order valence-corrected chi connectivity index (χ1v) is 12.5. The van der Waals surface area contributed by atoms with Gasteiger partial charge in [-0.3, -0.25) is 14.5 Å². The first-order chi connectivity index (χ1) is 17.0. The SMILES string of the molecule is O=C(NC1CC1)c1ccc(N2CCN(Cc3ccc4c5c(c(=O)[nH]c4c3)CCCN5)CC2)c(F)c1. The number of rotatable bonds is 5. The summed E-state index contributed by atoms with van der Waals surface area (Å²) in [7, 11) is 0. The Morgan fingerprint density at radius 2 is 1.91 bits per heavy atom. The van der Waals surface area contributed by atoms with Crippen LogP contribution in [0, 0.1) is 5.82 Å². The molecule has 182 valence electrons. The number of benzene rings is 2. The van der Waals surface area contributed by atoms with Gasteiger partial charge in [-0.15, -0.1) is 0 Å². The number of carbonyl (C=O) groups excluding carboxylic acids is 1. The second-order valence-corrected chi connectivity index (χ2v) is 9.90. The number of nitrogens with zero attached hydrogens (tertiary/aromatic N) is 2. The predicted octanol–water partition coefficient (Wildman–Crippen LogP) is 3.24. The zero-order chi connectivity index (χ0) is 23.9. The summed E-state index contributed by atoms with van der Waals surface area (Å²) in [6.45, 7) is 4.72. The van der Waals surface area contributed by atoms with Crippen LogP contribution < -0.4 is 21.1 Å². The quantitative estimate of drug-likeness (QED) is 0.528. The van der Waals surface area contributed by atoms with Crippen LogP contribution in [-0.2, 0) is 13.0 Å². The van der Waals surface area contributed by atoms with E-state index in [1.54, 1.807) is 12.1 Å². The summed E-state index contributed by atoms with van der Waals surface area (Å²) in [5.74, 6) is -0.548. The van der Waals surface area contributed by atoms with E-state index < -0.39 is 0 Å². The molecule has 2 fully saturated rings. The molecule has 3 N–H and O–H groups in total. The lowest BCUT2D eigenvalue weighted by molar-refractivity contribution is 0.0950. The molecule has 3 aromatic rings. The first-order valence-electron chi connectivity index (χ1n) is 12.5. The maximum absolute atomic E-state index is 14.8. The smallest absolute Gasteiger partial charge is 0.253 e. The minimum Gasteiger partial charge on any atom is -0.384 e. The monoisotopic (exact) mass is 475 g/mol. The normalized spacial score (nSPS) is 18.3. The molecule has 0 spiro atoms. The van der Waals surface area contributed by atoms with E-state index in [1.807, 2.05) is 4.90 Å². The van der Waals surface area contributed by atoms with Crippen molar-refractivity contribution < 1.29 is 9.18 Å². The van der Waals surface area contributed by atoms with E-state index in [4.69, 9.17) is 0 Å². The number of anilines is 2. The molecule has 0 atom stereocenters. The Kier molecular flexibility index (Phi) is 5.68. The number of halogens is 1. The maximum Gasteiger partial charge on any atom is 0.253 e. The standard InChI is InChI=1S/C27H30FN5O2/c28-22-15-18(26(34)30-19-5-6-19)4-8-24(22)33-12-10-32(11-13-33)16-17-3-7-20-23(14-17)31-27(35)21-2-1-9-29-25(20)21/h3-4,7-8,14-15,19,29H,1-2,5-6,9-13,16H2,(H,30,34)(H,31,35). The second-order valence-electron chi connectivity index (χ2n) is 9.90. The summed E-state index contributed by atoms with van der Waals surface area (Å²) in [5.41, 5.74) is 4.78. The third kappa shape index (κ3) is 4.50. The van der Waals surface area contributed by atoms with Crippen molar-refractivity contribution in [3.8, 4) is 0 Å². The predicted molar refractivity (Wildman–Crippen MR) is 136 cm³/mol. The molecule has 2 aromatic carbocycles. The number of amides is 1. The maximum atomic E-state index is 14.8. The largest absolute Gasteiger partial charge is 0.384 e. The van der Waals surface area contributed by atoms with Crippen LogP contribution in [0.2, 0.25) is 0 Å². The van der Waals surface area contributed by atoms with Crippen molar-refractivity contribution in [2.45, 2.75) is 38.3 Å². The molecule has 3 aliphatic rings. The van der Waals surface area contributed by atoms with Gasteiger partial charge in [0.05, 0.1) is 16.9 Å². The second kappa shape index (κ2) is 9.00. The van der Waals surface area contributed by atoms with E-state index >= 15 is 0 Å². The van der Waals surface area contributed by atoms with Gasteiger partial charge >= 0.3 is 0 Å². The summed E-state index contributed by atoms with van der Waals surface area (Å²) in [6, 6.07) is 11.3. The highest BCUT2D eigenvalue weighted by molar-refractivity contribution is 5.95. The third-order valence-electron chi connectivity index (χ3n) is 7.32. The van der Waals surface area contributed by atoms with E-state index in [9.17, 15) is 14.0 Å². The van der Waals surface area contributed by atoms with Crippen LogP contribution in [0.15, 0.2) is 41.2 Å². The van der Waals surface area contributed by atoms with Crippen molar-refractivity contribution in [3.63, 3.8) is 0 Å². The lowest BCUT2D eigenvalue weighted by Gasteiger charge is -2.36. The van der Waals surface area contributed by atoms with E-state index in [0.29, 0.717) is 24.3 Å². The van der Waals surface area contributed by atoms with Crippen molar-refractivity contribution in [1.82, 2.24) is 15.2 Å². The molecule has 8 heteroatoms. The number of hydrogen-bond acceptors (Lipinski definition) is 5. The molecule has 1 amide bonds. The number of pyridine rings is 1. The number of aromatic nitrogens is 1. The fourth-order valence-electron chi connectivity index (χ4n) is 5.21. The minimum atomic E-state index is -0.350. The van der Waals surface area contributed by atoms with E-state index in [-0.39, 0.29) is 23.3 Å². The van der Waals surface area contributed by atoms with Crippen molar-refractivity contribution in [2.75, 3.05) is 42.9 Å². The average Bonchev–Trinajstić information content (AvgIpc) is 3.69. The van der Waals surface area contributed by atoms with Gasteiger partial charge in [-0.25, -0.2) is 4.39 Å². The van der Waals surface area contributed by atoms with Crippen LogP contribution in [0.25, 0.3) is 10.9 Å². The summed E-state index contributed by atoms with van der Waals surface area (Å²) in [5, 5.41) is 7.38. The lowest BCUT2D eigenvalue weighted by Crippen LogP contribution is -2.46. The molecule has 0 unspecified atom stereocenters. The number of fused-ring (bicyclic) bond motifs is 3.